The number of nitrogens with zero attached hydrogens (tertiary/aromatic N) is 2. The maximum Gasteiger partial charge on any atom is 0.416 e. The summed E-state index contributed by atoms with van der Waals surface area (Å²) in [5.74, 6) is 0.637. The van der Waals surface area contributed by atoms with E-state index in [1.165, 1.54) is 12.1 Å². The molecule has 1 unspecified atom stereocenters. The highest BCUT2D eigenvalue weighted by Crippen LogP contribution is 2.60. The van der Waals surface area contributed by atoms with Crippen LogP contribution in [0.15, 0.2) is 54.8 Å². The summed E-state index contributed by atoms with van der Waals surface area (Å²) in [5.41, 5.74) is -0.383. The summed E-state index contributed by atoms with van der Waals surface area (Å²) in [6, 6.07) is 4.69. The van der Waals surface area contributed by atoms with Gasteiger partial charge >= 0.3 is 6.18 Å². The van der Waals surface area contributed by atoms with Gasteiger partial charge in [-0.2, -0.15) is 13.2 Å². The van der Waals surface area contributed by atoms with E-state index in [0.717, 1.165) is 24.2 Å². The molecule has 0 bridgehead atoms. The van der Waals surface area contributed by atoms with Gasteiger partial charge in [0.2, 0.25) is 5.91 Å². The van der Waals surface area contributed by atoms with E-state index in [4.69, 9.17) is 4.74 Å². The number of aryl methyl sites for hydroxylation is 2. The molecule has 1 saturated carbocycles. The zero-order valence-corrected chi connectivity index (χ0v) is 17.8. The Bertz CT molecular complexity index is 1080. The van der Waals surface area contributed by atoms with Crippen LogP contribution in [0.4, 0.5) is 18.9 Å². The van der Waals surface area contributed by atoms with Crippen molar-refractivity contribution >= 4 is 11.6 Å². The van der Waals surface area contributed by atoms with Gasteiger partial charge in [-0.15, -0.1) is 0 Å². The van der Waals surface area contributed by atoms with Crippen LogP contribution in [0.5, 0.6) is 5.75 Å². The summed E-state index contributed by atoms with van der Waals surface area (Å²) < 4.78 is 45.1. The molecule has 2 aromatic rings. The fraction of sp³-hybridized carbons (Fsp3) is 0.375. The third-order valence-electron chi connectivity index (χ3n) is 6.16. The monoisotopic (exact) mass is 443 g/mol. The maximum absolute atomic E-state index is 13.0. The molecule has 1 fully saturated rings. The summed E-state index contributed by atoms with van der Waals surface area (Å²) in [7, 11) is 0. The molecule has 32 heavy (non-hydrogen) atoms. The number of anilines is 1. The molecule has 1 aromatic heterocycles. The normalized spacial score (nSPS) is 24.3. The van der Waals surface area contributed by atoms with Crippen LogP contribution < -0.4 is 10.1 Å². The van der Waals surface area contributed by atoms with Crippen molar-refractivity contribution in [3.63, 3.8) is 0 Å². The average Bonchev–Trinajstić information content (AvgIpc) is 3.49. The molecule has 1 N–H and O–H groups in total. The molecule has 2 aliphatic rings. The van der Waals surface area contributed by atoms with Crippen molar-refractivity contribution in [2.45, 2.75) is 32.9 Å². The van der Waals surface area contributed by atoms with Gasteiger partial charge in [-0.3, -0.25) is 4.79 Å². The number of benzene rings is 1. The largest absolute Gasteiger partial charge is 0.489 e. The Kier molecular flexibility index (Phi) is 5.79. The molecular weight excluding hydrogens is 419 g/mol. The lowest BCUT2D eigenvalue weighted by Crippen LogP contribution is -2.29. The Balaban J connectivity index is 1.51. The fourth-order valence-electron chi connectivity index (χ4n) is 4.29. The molecule has 0 saturated heterocycles. The molecule has 5 nitrogen and oxygen atoms in total. The first-order valence-electron chi connectivity index (χ1n) is 10.4. The number of rotatable bonds is 6. The number of alkyl halides is 3. The number of nitrogens with one attached hydrogen (secondary N) is 1. The number of aromatic nitrogens is 2. The second-order valence-electron chi connectivity index (χ2n) is 8.37. The zero-order chi connectivity index (χ0) is 22.9. The van der Waals surface area contributed by atoms with Crippen LogP contribution in [-0.2, 0) is 11.0 Å². The molecular formula is C24H24F3N3O2. The molecule has 1 heterocycles. The van der Waals surface area contributed by atoms with Gasteiger partial charge in [-0.25, -0.2) is 9.97 Å². The first-order chi connectivity index (χ1) is 15.2. The molecule has 8 heteroatoms. The molecule has 0 radical (unpaired) electrons. The van der Waals surface area contributed by atoms with Crippen molar-refractivity contribution in [2.24, 2.45) is 17.3 Å². The highest BCUT2D eigenvalue weighted by molar-refractivity contribution is 5.95. The number of carbonyl (C=O) groups excluding carboxylic acids is 1. The van der Waals surface area contributed by atoms with E-state index in [-0.39, 0.29) is 23.4 Å². The van der Waals surface area contributed by atoms with Crippen LogP contribution >= 0.6 is 0 Å². The SMILES string of the molecule is Cc1ncc(OC[C@@]2(C3C=CC=CC3)C[C@H]2C(=O)Nc2cccc(C(F)(F)F)c2)c(C)n1. The van der Waals surface area contributed by atoms with Crippen LogP contribution in [0.25, 0.3) is 0 Å². The predicted molar refractivity (Wildman–Crippen MR) is 114 cm³/mol. The number of allylic oxidation sites excluding steroid dienone is 4. The quantitative estimate of drug-likeness (QED) is 0.661. The summed E-state index contributed by atoms with van der Waals surface area (Å²) in [5, 5.41) is 2.67. The highest BCUT2D eigenvalue weighted by Gasteiger charge is 2.62. The van der Waals surface area contributed by atoms with Crippen LogP contribution in [0.3, 0.4) is 0 Å². The Labute approximate surface area is 184 Å². The lowest BCUT2D eigenvalue weighted by atomic mass is 9.82. The molecule has 1 aromatic carbocycles. The predicted octanol–water partition coefficient (Wildman–Crippen LogP) is 5.27. The first-order valence-corrected chi connectivity index (χ1v) is 10.4. The van der Waals surface area contributed by atoms with Crippen molar-refractivity contribution in [3.8, 4) is 5.75 Å². The van der Waals surface area contributed by atoms with Gasteiger partial charge in [0.25, 0.3) is 0 Å². The zero-order valence-electron chi connectivity index (χ0n) is 17.8. The molecule has 3 atom stereocenters. The summed E-state index contributed by atoms with van der Waals surface area (Å²) in [6.45, 7) is 3.93. The van der Waals surface area contributed by atoms with Gasteiger partial charge < -0.3 is 10.1 Å². The molecule has 4 rings (SSSR count). The lowest BCUT2D eigenvalue weighted by molar-refractivity contribution is -0.137. The van der Waals surface area contributed by atoms with Gasteiger partial charge in [0.05, 0.1) is 24.1 Å². The van der Waals surface area contributed by atoms with Crippen molar-refractivity contribution < 1.29 is 22.7 Å². The smallest absolute Gasteiger partial charge is 0.416 e. The van der Waals surface area contributed by atoms with Gasteiger partial charge in [-0.05, 0) is 50.8 Å². The topological polar surface area (TPSA) is 64.1 Å². The van der Waals surface area contributed by atoms with Crippen molar-refractivity contribution in [1.29, 1.82) is 0 Å². The second-order valence-corrected chi connectivity index (χ2v) is 8.37. The number of hydrogen-bond donors (Lipinski definition) is 1. The fourth-order valence-corrected chi connectivity index (χ4v) is 4.29. The number of halogens is 3. The molecule has 0 aliphatic heterocycles. The van der Waals surface area contributed by atoms with E-state index in [1.807, 2.05) is 25.2 Å². The summed E-state index contributed by atoms with van der Waals surface area (Å²) >= 11 is 0. The molecule has 1 amide bonds. The average molecular weight is 443 g/mol. The van der Waals surface area contributed by atoms with Crippen molar-refractivity contribution in [1.82, 2.24) is 9.97 Å². The maximum atomic E-state index is 13.0. The van der Waals surface area contributed by atoms with E-state index in [0.29, 0.717) is 24.6 Å². The molecule has 0 spiro atoms. The molecule has 2 aliphatic carbocycles. The van der Waals surface area contributed by atoms with Crippen LogP contribution in [-0.4, -0.2) is 22.5 Å². The first kappa shape index (κ1) is 22.0. The van der Waals surface area contributed by atoms with Crippen molar-refractivity contribution in [2.75, 3.05) is 11.9 Å². The van der Waals surface area contributed by atoms with Gasteiger partial charge in [-0.1, -0.05) is 30.4 Å². The van der Waals surface area contributed by atoms with Gasteiger partial charge in [0.1, 0.15) is 5.82 Å². The minimum absolute atomic E-state index is 0.0939. The van der Waals surface area contributed by atoms with E-state index < -0.39 is 17.2 Å². The Hall–Kier alpha value is -3.16. The third-order valence-corrected chi connectivity index (χ3v) is 6.16. The number of ether oxygens (including phenoxy) is 1. The van der Waals surface area contributed by atoms with E-state index in [9.17, 15) is 18.0 Å². The van der Waals surface area contributed by atoms with E-state index in [2.05, 4.69) is 21.4 Å². The lowest BCUT2D eigenvalue weighted by Gasteiger charge is -2.26. The number of carbonyl (C=O) groups is 1. The summed E-state index contributed by atoms with van der Waals surface area (Å²) in [4.78, 5) is 21.5. The minimum atomic E-state index is -4.47. The molecule has 168 valence electrons. The third kappa shape index (κ3) is 4.54. The Morgan fingerprint density at radius 2 is 2.09 bits per heavy atom. The minimum Gasteiger partial charge on any atom is -0.489 e. The highest BCUT2D eigenvalue weighted by atomic mass is 19.4. The van der Waals surface area contributed by atoms with Gasteiger partial charge in [0.15, 0.2) is 5.75 Å². The Morgan fingerprint density at radius 3 is 2.78 bits per heavy atom. The summed E-state index contributed by atoms with van der Waals surface area (Å²) in [6.07, 6.45) is 6.56. The van der Waals surface area contributed by atoms with Crippen molar-refractivity contribution in [3.05, 3.63) is 71.8 Å². The Morgan fingerprint density at radius 1 is 1.28 bits per heavy atom. The number of hydrogen-bond acceptors (Lipinski definition) is 4. The van der Waals surface area contributed by atoms with Crippen LogP contribution in [0, 0.1) is 31.1 Å². The standard InChI is InChI=1S/C24H24F3N3O2/c1-15-21(13-28-16(2)29-15)32-14-23(17-7-4-3-5-8-17)12-20(23)22(31)30-19-10-6-9-18(11-19)24(25,26)27/h3-7,9-11,13,17,20H,8,12,14H2,1-2H3,(H,30,31)/t17?,20-,23+/m0/s1. The van der Waals surface area contributed by atoms with E-state index >= 15 is 0 Å². The van der Waals surface area contributed by atoms with Crippen LogP contribution in [0.2, 0.25) is 0 Å². The van der Waals surface area contributed by atoms with Gasteiger partial charge in [0, 0.05) is 17.0 Å². The number of amides is 1. The van der Waals surface area contributed by atoms with E-state index in [1.54, 1.807) is 13.1 Å². The van der Waals surface area contributed by atoms with Crippen LogP contribution in [0.1, 0.15) is 29.9 Å². The second kappa shape index (κ2) is 8.41.